The number of nitrogens with one attached hydrogen (secondary N) is 1. The number of halogens is 1. The van der Waals surface area contributed by atoms with Gasteiger partial charge in [-0.3, -0.25) is 4.79 Å². The molecule has 1 aliphatic rings. The Balaban J connectivity index is 1.58. The molecule has 1 fully saturated rings. The predicted octanol–water partition coefficient (Wildman–Crippen LogP) is 3.89. The van der Waals surface area contributed by atoms with E-state index >= 15 is 0 Å². The van der Waals surface area contributed by atoms with Crippen molar-refractivity contribution < 1.29 is 9.53 Å². The van der Waals surface area contributed by atoms with Crippen molar-refractivity contribution in [3.05, 3.63) is 53.6 Å². The topological polar surface area (TPSA) is 44.8 Å². The van der Waals surface area contributed by atoms with Gasteiger partial charge in [-0.2, -0.15) is 0 Å². The molecule has 0 saturated carbocycles. The smallest absolute Gasteiger partial charge is 0.265 e. The Bertz CT molecular complexity index is 741. The highest BCUT2D eigenvalue weighted by atomic mass is 35.5. The minimum Gasteiger partial charge on any atom is -0.481 e. The summed E-state index contributed by atoms with van der Waals surface area (Å²) < 4.78 is 5.80. The zero-order chi connectivity index (χ0) is 19.2. The summed E-state index contributed by atoms with van der Waals surface area (Å²) in [5, 5.41) is 3.58. The van der Waals surface area contributed by atoms with Crippen LogP contribution in [0.15, 0.2) is 48.5 Å². The number of rotatable bonds is 6. The van der Waals surface area contributed by atoms with Crippen LogP contribution in [0.5, 0.6) is 5.75 Å². The van der Waals surface area contributed by atoms with Crippen molar-refractivity contribution in [1.29, 1.82) is 0 Å². The first-order chi connectivity index (χ1) is 13.0. The van der Waals surface area contributed by atoms with Crippen LogP contribution in [-0.2, 0) is 4.79 Å². The maximum Gasteiger partial charge on any atom is 0.265 e. The van der Waals surface area contributed by atoms with Gasteiger partial charge in [-0.1, -0.05) is 18.5 Å². The summed E-state index contributed by atoms with van der Waals surface area (Å²) in [5.41, 5.74) is 1.96. The lowest BCUT2D eigenvalue weighted by Crippen LogP contribution is -2.44. The van der Waals surface area contributed by atoms with Crippen LogP contribution in [0.3, 0.4) is 0 Å². The molecule has 0 radical (unpaired) electrons. The monoisotopic (exact) mass is 387 g/mol. The molecule has 6 heteroatoms. The van der Waals surface area contributed by atoms with Crippen molar-refractivity contribution in [1.82, 2.24) is 4.90 Å². The lowest BCUT2D eigenvalue weighted by Gasteiger charge is -2.34. The van der Waals surface area contributed by atoms with E-state index in [1.807, 2.05) is 19.1 Å². The maximum atomic E-state index is 12.6. The second kappa shape index (κ2) is 9.11. The van der Waals surface area contributed by atoms with Crippen LogP contribution in [0.25, 0.3) is 0 Å². The van der Waals surface area contributed by atoms with Crippen LogP contribution in [0, 0.1) is 0 Å². The number of carbonyl (C=O) groups excluding carboxylic acids is 1. The average molecular weight is 388 g/mol. The molecule has 3 rings (SSSR count). The van der Waals surface area contributed by atoms with Gasteiger partial charge in [-0.05, 0) is 62.0 Å². The molecule has 1 heterocycles. The summed E-state index contributed by atoms with van der Waals surface area (Å²) in [5.74, 6) is 0.478. The van der Waals surface area contributed by atoms with Gasteiger partial charge in [0.05, 0.1) is 0 Å². The Morgan fingerprint density at radius 2 is 1.70 bits per heavy atom. The van der Waals surface area contributed by atoms with Gasteiger partial charge in [-0.15, -0.1) is 0 Å². The first kappa shape index (κ1) is 19.5. The molecule has 0 spiro atoms. The lowest BCUT2D eigenvalue weighted by atomic mass is 10.2. The van der Waals surface area contributed by atoms with Gasteiger partial charge in [0.1, 0.15) is 5.75 Å². The van der Waals surface area contributed by atoms with Crippen LogP contribution in [0.4, 0.5) is 11.4 Å². The summed E-state index contributed by atoms with van der Waals surface area (Å²) in [7, 11) is 2.15. The molecule has 0 aromatic heterocycles. The fourth-order valence-electron chi connectivity index (χ4n) is 3.04. The van der Waals surface area contributed by atoms with E-state index < -0.39 is 6.10 Å². The normalized spacial score (nSPS) is 16.0. The average Bonchev–Trinajstić information content (AvgIpc) is 2.69. The SMILES string of the molecule is CC[C@@H](Oc1ccc(Cl)cc1)C(=O)Nc1ccc(N2CCN(C)CC2)cc1. The molecule has 1 N–H and O–H groups in total. The molecule has 0 unspecified atom stereocenters. The third-order valence-electron chi connectivity index (χ3n) is 4.76. The number of nitrogens with zero attached hydrogens (tertiary/aromatic N) is 2. The Labute approximate surface area is 165 Å². The van der Waals surface area contributed by atoms with Gasteiger partial charge >= 0.3 is 0 Å². The highest BCUT2D eigenvalue weighted by molar-refractivity contribution is 6.30. The van der Waals surface area contributed by atoms with Crippen molar-refractivity contribution in [2.45, 2.75) is 19.4 Å². The molecular formula is C21H26ClN3O2. The summed E-state index contributed by atoms with van der Waals surface area (Å²) in [6, 6.07) is 15.0. The zero-order valence-corrected chi connectivity index (χ0v) is 16.6. The van der Waals surface area contributed by atoms with Crippen LogP contribution < -0.4 is 15.0 Å². The van der Waals surface area contributed by atoms with E-state index in [9.17, 15) is 4.79 Å². The van der Waals surface area contributed by atoms with Crippen molar-refractivity contribution >= 4 is 28.9 Å². The van der Waals surface area contributed by atoms with Crippen molar-refractivity contribution in [2.24, 2.45) is 0 Å². The number of anilines is 2. The quantitative estimate of drug-likeness (QED) is 0.816. The first-order valence-corrected chi connectivity index (χ1v) is 9.69. The number of hydrogen-bond acceptors (Lipinski definition) is 4. The highest BCUT2D eigenvalue weighted by Gasteiger charge is 2.19. The van der Waals surface area contributed by atoms with Gasteiger partial charge in [0.2, 0.25) is 0 Å². The number of benzene rings is 2. The van der Waals surface area contributed by atoms with E-state index in [2.05, 4.69) is 34.3 Å². The number of carbonyl (C=O) groups is 1. The first-order valence-electron chi connectivity index (χ1n) is 9.32. The molecule has 0 aliphatic carbocycles. The third kappa shape index (κ3) is 5.37. The summed E-state index contributed by atoms with van der Waals surface area (Å²) >= 11 is 5.89. The standard InChI is InChI=1S/C21H26ClN3O2/c1-3-20(27-19-10-4-16(22)5-11-19)21(26)23-17-6-8-18(9-7-17)25-14-12-24(2)13-15-25/h4-11,20H,3,12-15H2,1-2H3,(H,23,26)/t20-/m1/s1. The minimum atomic E-state index is -0.552. The Morgan fingerprint density at radius 1 is 1.07 bits per heavy atom. The van der Waals surface area contributed by atoms with Crippen LogP contribution >= 0.6 is 11.6 Å². The molecule has 1 aliphatic heterocycles. The Hall–Kier alpha value is -2.24. The van der Waals surface area contributed by atoms with Gasteiger partial charge in [0, 0.05) is 42.6 Å². The van der Waals surface area contributed by atoms with Crippen molar-refractivity contribution in [3.8, 4) is 5.75 Å². The maximum absolute atomic E-state index is 12.6. The lowest BCUT2D eigenvalue weighted by molar-refractivity contribution is -0.122. The molecule has 2 aromatic carbocycles. The van der Waals surface area contributed by atoms with E-state index in [0.29, 0.717) is 17.2 Å². The van der Waals surface area contributed by atoms with E-state index in [-0.39, 0.29) is 5.91 Å². The number of hydrogen-bond donors (Lipinski definition) is 1. The predicted molar refractivity (Wildman–Crippen MR) is 111 cm³/mol. The van der Waals surface area contributed by atoms with E-state index in [1.54, 1.807) is 24.3 Å². The van der Waals surface area contributed by atoms with Crippen LogP contribution in [0.1, 0.15) is 13.3 Å². The third-order valence-corrected chi connectivity index (χ3v) is 5.01. The number of amides is 1. The second-order valence-electron chi connectivity index (χ2n) is 6.80. The number of piperazine rings is 1. The minimum absolute atomic E-state index is 0.153. The van der Waals surface area contributed by atoms with E-state index in [1.165, 1.54) is 5.69 Å². The number of ether oxygens (including phenoxy) is 1. The van der Waals surface area contributed by atoms with Gasteiger partial charge < -0.3 is 19.9 Å². The molecule has 5 nitrogen and oxygen atoms in total. The summed E-state index contributed by atoms with van der Waals surface area (Å²) in [6.07, 6.45) is 0.0249. The molecular weight excluding hydrogens is 362 g/mol. The fourth-order valence-corrected chi connectivity index (χ4v) is 3.17. The van der Waals surface area contributed by atoms with Crippen LogP contribution in [-0.4, -0.2) is 50.1 Å². The molecule has 1 saturated heterocycles. The molecule has 1 atom stereocenters. The van der Waals surface area contributed by atoms with Gasteiger partial charge in [0.15, 0.2) is 6.10 Å². The summed E-state index contributed by atoms with van der Waals surface area (Å²) in [6.45, 7) is 6.11. The van der Waals surface area contributed by atoms with Crippen LogP contribution in [0.2, 0.25) is 5.02 Å². The molecule has 27 heavy (non-hydrogen) atoms. The van der Waals surface area contributed by atoms with E-state index in [4.69, 9.17) is 16.3 Å². The second-order valence-corrected chi connectivity index (χ2v) is 7.23. The van der Waals surface area contributed by atoms with Gasteiger partial charge in [-0.25, -0.2) is 0 Å². The summed E-state index contributed by atoms with van der Waals surface area (Å²) in [4.78, 5) is 17.3. The number of likely N-dealkylation sites (N-methyl/N-ethyl adjacent to an activating group) is 1. The van der Waals surface area contributed by atoms with Gasteiger partial charge in [0.25, 0.3) is 5.91 Å². The molecule has 2 aromatic rings. The fraction of sp³-hybridized carbons (Fsp3) is 0.381. The molecule has 1 amide bonds. The van der Waals surface area contributed by atoms with Crippen molar-refractivity contribution in [2.75, 3.05) is 43.4 Å². The highest BCUT2D eigenvalue weighted by Crippen LogP contribution is 2.21. The zero-order valence-electron chi connectivity index (χ0n) is 15.8. The van der Waals surface area contributed by atoms with Crippen molar-refractivity contribution in [3.63, 3.8) is 0 Å². The Morgan fingerprint density at radius 3 is 2.30 bits per heavy atom. The largest absolute Gasteiger partial charge is 0.481 e. The Kier molecular flexibility index (Phi) is 6.58. The van der Waals surface area contributed by atoms with E-state index in [0.717, 1.165) is 31.9 Å². The molecule has 0 bridgehead atoms. The molecule has 144 valence electrons.